The molecule has 1 unspecified atom stereocenters. The molecule has 0 radical (unpaired) electrons. The third kappa shape index (κ3) is 4.04. The maximum absolute atomic E-state index is 11.4. The number of esters is 1. The summed E-state index contributed by atoms with van der Waals surface area (Å²) in [5.41, 5.74) is 4.50. The van der Waals surface area contributed by atoms with Gasteiger partial charge >= 0.3 is 5.97 Å². The van der Waals surface area contributed by atoms with Gasteiger partial charge in [-0.25, -0.2) is 0 Å². The van der Waals surface area contributed by atoms with E-state index in [1.54, 1.807) is 6.92 Å². The van der Waals surface area contributed by atoms with Gasteiger partial charge in [-0.1, -0.05) is 6.92 Å². The van der Waals surface area contributed by atoms with Crippen molar-refractivity contribution in [3.05, 3.63) is 0 Å². The Kier molecular flexibility index (Phi) is 6.44. The Morgan fingerprint density at radius 2 is 2.07 bits per heavy atom. The zero-order chi connectivity index (χ0) is 11.0. The van der Waals surface area contributed by atoms with Crippen LogP contribution in [0, 0.1) is 5.41 Å². The lowest BCUT2D eigenvalue weighted by molar-refractivity contribution is -0.159. The Hall–Kier alpha value is -0.650. The molecule has 0 amide bonds. The van der Waals surface area contributed by atoms with Crippen LogP contribution in [0.5, 0.6) is 0 Å². The Labute approximate surface area is 84.5 Å². The summed E-state index contributed by atoms with van der Waals surface area (Å²) in [6.07, 6.45) is 0.655. The molecule has 0 heterocycles. The normalized spacial score (nSPS) is 14.9. The second-order valence-electron chi connectivity index (χ2n) is 3.24. The van der Waals surface area contributed by atoms with E-state index in [4.69, 9.17) is 15.2 Å². The maximum Gasteiger partial charge on any atom is 0.313 e. The van der Waals surface area contributed by atoms with Crippen molar-refractivity contribution in [2.24, 2.45) is 11.1 Å². The molecular formula is C9H19NO4. The molecule has 0 aliphatic heterocycles. The molecule has 0 aromatic heterocycles. The lowest BCUT2D eigenvalue weighted by atomic mass is 9.89. The van der Waals surface area contributed by atoms with E-state index in [0.29, 0.717) is 6.42 Å². The summed E-state index contributed by atoms with van der Waals surface area (Å²) in [6.45, 7) is 4.19. The van der Waals surface area contributed by atoms with Crippen LogP contribution in [0.15, 0.2) is 0 Å². The topological polar surface area (TPSA) is 70.8 Å². The fourth-order valence-electron chi connectivity index (χ4n) is 0.926. The predicted octanol–water partition coefficient (Wildman–Crippen LogP) is 0.483. The summed E-state index contributed by atoms with van der Waals surface area (Å²) < 4.78 is 14.6. The number of methoxy groups -OCH3 is 1. The Bertz CT molecular complexity index is 174. The van der Waals surface area contributed by atoms with Gasteiger partial charge < -0.3 is 19.9 Å². The molecule has 2 N–H and O–H groups in total. The van der Waals surface area contributed by atoms with Crippen molar-refractivity contribution in [1.82, 2.24) is 0 Å². The molecular weight excluding hydrogens is 186 g/mol. The number of nitrogens with two attached hydrogens (primary N) is 1. The van der Waals surface area contributed by atoms with Crippen LogP contribution >= 0.6 is 0 Å². The van der Waals surface area contributed by atoms with E-state index < -0.39 is 5.41 Å². The Morgan fingerprint density at radius 1 is 1.43 bits per heavy atom. The van der Waals surface area contributed by atoms with Crippen molar-refractivity contribution < 1.29 is 19.0 Å². The molecule has 5 heteroatoms. The molecule has 0 aromatic carbocycles. The van der Waals surface area contributed by atoms with Gasteiger partial charge in [-0.3, -0.25) is 4.79 Å². The van der Waals surface area contributed by atoms with Gasteiger partial charge in [0, 0.05) is 0 Å². The average molecular weight is 205 g/mol. The summed E-state index contributed by atoms with van der Waals surface area (Å²) in [5.74, 6) is -0.271. The number of hydrogen-bond acceptors (Lipinski definition) is 5. The van der Waals surface area contributed by atoms with Gasteiger partial charge in [0.1, 0.15) is 6.79 Å². The van der Waals surface area contributed by atoms with Crippen LogP contribution in [0.1, 0.15) is 20.3 Å². The van der Waals surface area contributed by atoms with E-state index in [0.717, 1.165) is 0 Å². The average Bonchev–Trinajstić information content (AvgIpc) is 2.22. The molecule has 0 bridgehead atoms. The number of carbonyl (C=O) groups excluding carboxylic acids is 1. The summed E-state index contributed by atoms with van der Waals surface area (Å²) in [6, 6.07) is 0. The standard InChI is InChI=1S/C9H19NO4/c1-4-9(2,8(11)12-3)5-13-7-14-6-10/h4-7,10H2,1-3H3. The summed E-state index contributed by atoms with van der Waals surface area (Å²) in [5, 5.41) is 0. The lowest BCUT2D eigenvalue weighted by Crippen LogP contribution is -2.33. The molecule has 0 fully saturated rings. The first kappa shape index (κ1) is 13.4. The first-order chi connectivity index (χ1) is 6.60. The van der Waals surface area contributed by atoms with E-state index >= 15 is 0 Å². The number of ether oxygens (including phenoxy) is 3. The van der Waals surface area contributed by atoms with Crippen LogP contribution in [0.3, 0.4) is 0 Å². The molecule has 0 aliphatic rings. The highest BCUT2D eigenvalue weighted by atomic mass is 16.7. The zero-order valence-electron chi connectivity index (χ0n) is 9.04. The molecule has 1 atom stereocenters. The second-order valence-corrected chi connectivity index (χ2v) is 3.24. The van der Waals surface area contributed by atoms with E-state index in [1.807, 2.05) is 6.92 Å². The van der Waals surface area contributed by atoms with Crippen LogP contribution in [0.25, 0.3) is 0 Å². The summed E-state index contributed by atoms with van der Waals surface area (Å²) in [7, 11) is 1.37. The van der Waals surface area contributed by atoms with Gasteiger partial charge in [0.25, 0.3) is 0 Å². The number of hydrogen-bond donors (Lipinski definition) is 1. The third-order valence-electron chi connectivity index (χ3n) is 2.16. The van der Waals surface area contributed by atoms with Crippen molar-refractivity contribution >= 4 is 5.97 Å². The highest BCUT2D eigenvalue weighted by molar-refractivity contribution is 5.76. The molecule has 14 heavy (non-hydrogen) atoms. The minimum atomic E-state index is -0.604. The smallest absolute Gasteiger partial charge is 0.313 e. The van der Waals surface area contributed by atoms with Crippen molar-refractivity contribution in [3.63, 3.8) is 0 Å². The number of carbonyl (C=O) groups is 1. The number of rotatable bonds is 7. The van der Waals surface area contributed by atoms with E-state index in [1.165, 1.54) is 7.11 Å². The van der Waals surface area contributed by atoms with Crippen molar-refractivity contribution in [1.29, 1.82) is 0 Å². The molecule has 0 aliphatic carbocycles. The molecule has 0 rings (SSSR count). The van der Waals surface area contributed by atoms with Crippen molar-refractivity contribution in [3.8, 4) is 0 Å². The quantitative estimate of drug-likeness (QED) is 0.372. The molecule has 0 saturated heterocycles. The van der Waals surface area contributed by atoms with Gasteiger partial charge in [-0.2, -0.15) is 0 Å². The fraction of sp³-hybridized carbons (Fsp3) is 0.889. The molecule has 0 spiro atoms. The third-order valence-corrected chi connectivity index (χ3v) is 2.16. The monoisotopic (exact) mass is 205 g/mol. The van der Waals surface area contributed by atoms with Gasteiger partial charge in [0.2, 0.25) is 0 Å². The summed E-state index contributed by atoms with van der Waals surface area (Å²) in [4.78, 5) is 11.4. The molecule has 0 saturated carbocycles. The van der Waals surface area contributed by atoms with Crippen LogP contribution in [-0.2, 0) is 19.0 Å². The van der Waals surface area contributed by atoms with Crippen LogP contribution in [-0.4, -0.2) is 33.2 Å². The van der Waals surface area contributed by atoms with Gasteiger partial charge in [0.15, 0.2) is 0 Å². The largest absolute Gasteiger partial charge is 0.469 e. The van der Waals surface area contributed by atoms with Gasteiger partial charge in [-0.15, -0.1) is 0 Å². The molecule has 5 nitrogen and oxygen atoms in total. The minimum Gasteiger partial charge on any atom is -0.469 e. The van der Waals surface area contributed by atoms with E-state index in [-0.39, 0.29) is 26.1 Å². The van der Waals surface area contributed by atoms with Gasteiger partial charge in [-0.05, 0) is 13.3 Å². The molecule has 84 valence electrons. The first-order valence-electron chi connectivity index (χ1n) is 4.54. The van der Waals surface area contributed by atoms with Crippen molar-refractivity contribution in [2.45, 2.75) is 20.3 Å². The molecule has 0 aromatic rings. The minimum absolute atomic E-state index is 0.100. The van der Waals surface area contributed by atoms with Crippen LogP contribution in [0.4, 0.5) is 0 Å². The maximum atomic E-state index is 11.4. The first-order valence-corrected chi connectivity index (χ1v) is 4.54. The Morgan fingerprint density at radius 3 is 2.50 bits per heavy atom. The fourth-order valence-corrected chi connectivity index (χ4v) is 0.926. The van der Waals surface area contributed by atoms with Crippen LogP contribution < -0.4 is 5.73 Å². The van der Waals surface area contributed by atoms with Gasteiger partial charge in [0.05, 0.1) is 25.9 Å². The highest BCUT2D eigenvalue weighted by Crippen LogP contribution is 2.22. The second kappa shape index (κ2) is 6.75. The van der Waals surface area contributed by atoms with Crippen LogP contribution in [0.2, 0.25) is 0 Å². The summed E-state index contributed by atoms with van der Waals surface area (Å²) >= 11 is 0. The Balaban J connectivity index is 3.93. The van der Waals surface area contributed by atoms with Crippen molar-refractivity contribution in [2.75, 3.05) is 27.2 Å². The van der Waals surface area contributed by atoms with E-state index in [9.17, 15) is 4.79 Å². The SMILES string of the molecule is CCC(C)(COCOCN)C(=O)OC. The predicted molar refractivity (Wildman–Crippen MR) is 51.4 cm³/mol. The lowest BCUT2D eigenvalue weighted by Gasteiger charge is -2.24. The zero-order valence-corrected chi connectivity index (χ0v) is 9.04. The highest BCUT2D eigenvalue weighted by Gasteiger charge is 2.32. The van der Waals surface area contributed by atoms with E-state index in [2.05, 4.69) is 4.74 Å².